The largest absolute Gasteiger partial charge is 0.497 e. The van der Waals surface area contributed by atoms with Crippen molar-refractivity contribution in [2.45, 2.75) is 32.8 Å². The summed E-state index contributed by atoms with van der Waals surface area (Å²) in [5.41, 5.74) is 0.803. The van der Waals surface area contributed by atoms with Crippen LogP contribution in [0.1, 0.15) is 38.4 Å². The molecular weight excluding hydrogens is 204 g/mol. The molecule has 0 aliphatic carbocycles. The summed E-state index contributed by atoms with van der Waals surface area (Å²) in [4.78, 5) is 0. The molecule has 0 aliphatic heterocycles. The second kappa shape index (κ2) is 6.38. The molecule has 1 N–H and O–H groups in total. The highest BCUT2D eigenvalue weighted by atomic mass is 16.5. The molecule has 0 radical (unpaired) electrons. The number of ether oxygens (including phenoxy) is 2. The zero-order chi connectivity index (χ0) is 12.0. The SMILES string of the molecule is CCCCOc1cc(OC)ccc1[C@@H](C)O. The summed E-state index contributed by atoms with van der Waals surface area (Å²) in [6.45, 7) is 4.52. The highest BCUT2D eigenvalue weighted by Gasteiger charge is 2.10. The van der Waals surface area contributed by atoms with E-state index in [9.17, 15) is 5.11 Å². The van der Waals surface area contributed by atoms with Gasteiger partial charge in [0.25, 0.3) is 0 Å². The molecular formula is C13H20O3. The molecule has 0 spiro atoms. The van der Waals surface area contributed by atoms with E-state index in [0.717, 1.165) is 24.2 Å². The predicted molar refractivity (Wildman–Crippen MR) is 64.0 cm³/mol. The Morgan fingerprint density at radius 3 is 2.69 bits per heavy atom. The third kappa shape index (κ3) is 3.42. The zero-order valence-electron chi connectivity index (χ0n) is 10.2. The molecule has 16 heavy (non-hydrogen) atoms. The van der Waals surface area contributed by atoms with Gasteiger partial charge in [0.15, 0.2) is 0 Å². The number of benzene rings is 1. The number of aliphatic hydroxyl groups is 1. The van der Waals surface area contributed by atoms with Gasteiger partial charge in [-0.2, -0.15) is 0 Å². The maximum atomic E-state index is 9.60. The lowest BCUT2D eigenvalue weighted by atomic mass is 10.1. The number of hydrogen-bond acceptors (Lipinski definition) is 3. The Morgan fingerprint density at radius 2 is 2.12 bits per heavy atom. The zero-order valence-corrected chi connectivity index (χ0v) is 10.2. The lowest BCUT2D eigenvalue weighted by Gasteiger charge is -2.14. The van der Waals surface area contributed by atoms with Crippen molar-refractivity contribution >= 4 is 0 Å². The van der Waals surface area contributed by atoms with Gasteiger partial charge in [0.1, 0.15) is 11.5 Å². The minimum atomic E-state index is -0.525. The van der Waals surface area contributed by atoms with E-state index in [2.05, 4.69) is 6.92 Å². The smallest absolute Gasteiger partial charge is 0.128 e. The van der Waals surface area contributed by atoms with Crippen molar-refractivity contribution in [3.63, 3.8) is 0 Å². The van der Waals surface area contributed by atoms with Crippen molar-refractivity contribution < 1.29 is 14.6 Å². The third-order valence-corrected chi connectivity index (χ3v) is 2.43. The Bertz CT molecular complexity index is 321. The number of unbranched alkanes of at least 4 members (excludes halogenated alkanes) is 1. The van der Waals surface area contributed by atoms with E-state index < -0.39 is 6.10 Å². The Labute approximate surface area is 97.0 Å². The van der Waals surface area contributed by atoms with E-state index in [1.54, 1.807) is 14.0 Å². The molecule has 90 valence electrons. The Morgan fingerprint density at radius 1 is 1.38 bits per heavy atom. The van der Waals surface area contributed by atoms with Crippen molar-refractivity contribution in [1.82, 2.24) is 0 Å². The summed E-state index contributed by atoms with van der Waals surface area (Å²) in [5.74, 6) is 1.46. The van der Waals surface area contributed by atoms with Crippen molar-refractivity contribution in [3.05, 3.63) is 23.8 Å². The van der Waals surface area contributed by atoms with Crippen LogP contribution in [0.3, 0.4) is 0 Å². The fourth-order valence-corrected chi connectivity index (χ4v) is 1.44. The first-order valence-corrected chi connectivity index (χ1v) is 5.67. The van der Waals surface area contributed by atoms with Gasteiger partial charge >= 0.3 is 0 Å². The molecule has 0 unspecified atom stereocenters. The van der Waals surface area contributed by atoms with Gasteiger partial charge in [-0.1, -0.05) is 13.3 Å². The standard InChI is InChI=1S/C13H20O3/c1-4-5-8-16-13-9-11(15-3)6-7-12(13)10(2)14/h6-7,9-10,14H,4-5,8H2,1-3H3/t10-/m1/s1. The summed E-state index contributed by atoms with van der Waals surface area (Å²) in [6.07, 6.45) is 1.58. The van der Waals surface area contributed by atoms with Crippen LogP contribution in [0.25, 0.3) is 0 Å². The summed E-state index contributed by atoms with van der Waals surface area (Å²) in [7, 11) is 1.62. The molecule has 0 saturated heterocycles. The topological polar surface area (TPSA) is 38.7 Å². The molecule has 0 bridgehead atoms. The monoisotopic (exact) mass is 224 g/mol. The Balaban J connectivity index is 2.83. The molecule has 0 saturated carbocycles. The van der Waals surface area contributed by atoms with Gasteiger partial charge in [0.05, 0.1) is 19.8 Å². The average Bonchev–Trinajstić information content (AvgIpc) is 2.29. The summed E-state index contributed by atoms with van der Waals surface area (Å²) in [5, 5.41) is 9.60. The molecule has 0 aliphatic rings. The van der Waals surface area contributed by atoms with Gasteiger partial charge in [0, 0.05) is 11.6 Å². The van der Waals surface area contributed by atoms with Crippen LogP contribution in [0.15, 0.2) is 18.2 Å². The molecule has 3 nitrogen and oxygen atoms in total. The van der Waals surface area contributed by atoms with Crippen molar-refractivity contribution in [1.29, 1.82) is 0 Å². The van der Waals surface area contributed by atoms with Crippen LogP contribution < -0.4 is 9.47 Å². The maximum absolute atomic E-state index is 9.60. The van der Waals surface area contributed by atoms with Crippen LogP contribution in [0, 0.1) is 0 Å². The lowest BCUT2D eigenvalue weighted by molar-refractivity contribution is 0.190. The first-order valence-electron chi connectivity index (χ1n) is 5.67. The minimum Gasteiger partial charge on any atom is -0.497 e. The van der Waals surface area contributed by atoms with Crippen molar-refractivity contribution in [3.8, 4) is 11.5 Å². The quantitative estimate of drug-likeness (QED) is 0.755. The second-order valence-electron chi connectivity index (χ2n) is 3.78. The summed E-state index contributed by atoms with van der Waals surface area (Å²) < 4.78 is 10.8. The first-order chi connectivity index (χ1) is 7.69. The number of methoxy groups -OCH3 is 1. The van der Waals surface area contributed by atoms with Crippen molar-refractivity contribution in [2.75, 3.05) is 13.7 Å². The number of rotatable bonds is 6. The molecule has 0 heterocycles. The third-order valence-electron chi connectivity index (χ3n) is 2.43. The molecule has 1 rings (SSSR count). The van der Waals surface area contributed by atoms with Gasteiger partial charge in [-0.05, 0) is 25.5 Å². The van der Waals surface area contributed by atoms with E-state index in [0.29, 0.717) is 12.4 Å². The fourth-order valence-electron chi connectivity index (χ4n) is 1.44. The molecule has 0 aromatic heterocycles. The molecule has 0 amide bonds. The van der Waals surface area contributed by atoms with Crippen LogP contribution in [0.5, 0.6) is 11.5 Å². The summed E-state index contributed by atoms with van der Waals surface area (Å²) in [6, 6.07) is 5.48. The molecule has 0 fully saturated rings. The van der Waals surface area contributed by atoms with Crippen LogP contribution >= 0.6 is 0 Å². The summed E-state index contributed by atoms with van der Waals surface area (Å²) >= 11 is 0. The van der Waals surface area contributed by atoms with Crippen LogP contribution in [-0.4, -0.2) is 18.8 Å². The van der Waals surface area contributed by atoms with E-state index in [-0.39, 0.29) is 0 Å². The highest BCUT2D eigenvalue weighted by Crippen LogP contribution is 2.29. The Hall–Kier alpha value is -1.22. The van der Waals surface area contributed by atoms with Gasteiger partial charge in [0.2, 0.25) is 0 Å². The Kier molecular flexibility index (Phi) is 5.12. The van der Waals surface area contributed by atoms with Crippen LogP contribution in [-0.2, 0) is 0 Å². The first kappa shape index (κ1) is 12.8. The van der Waals surface area contributed by atoms with Gasteiger partial charge < -0.3 is 14.6 Å². The van der Waals surface area contributed by atoms with Crippen LogP contribution in [0.4, 0.5) is 0 Å². The highest BCUT2D eigenvalue weighted by molar-refractivity contribution is 5.41. The van der Waals surface area contributed by atoms with E-state index in [1.807, 2.05) is 18.2 Å². The van der Waals surface area contributed by atoms with Gasteiger partial charge in [-0.25, -0.2) is 0 Å². The fraction of sp³-hybridized carbons (Fsp3) is 0.538. The lowest BCUT2D eigenvalue weighted by Crippen LogP contribution is -2.02. The van der Waals surface area contributed by atoms with E-state index in [1.165, 1.54) is 0 Å². The van der Waals surface area contributed by atoms with Crippen LogP contribution in [0.2, 0.25) is 0 Å². The minimum absolute atomic E-state index is 0.525. The normalized spacial score (nSPS) is 12.2. The molecule has 1 aromatic rings. The number of aliphatic hydroxyl groups excluding tert-OH is 1. The average molecular weight is 224 g/mol. The van der Waals surface area contributed by atoms with Crippen molar-refractivity contribution in [2.24, 2.45) is 0 Å². The molecule has 1 atom stereocenters. The maximum Gasteiger partial charge on any atom is 0.128 e. The number of hydrogen-bond donors (Lipinski definition) is 1. The predicted octanol–water partition coefficient (Wildman–Crippen LogP) is 2.93. The van der Waals surface area contributed by atoms with E-state index in [4.69, 9.17) is 9.47 Å². The van der Waals surface area contributed by atoms with E-state index >= 15 is 0 Å². The molecule has 3 heteroatoms. The van der Waals surface area contributed by atoms with Gasteiger partial charge in [-0.15, -0.1) is 0 Å². The van der Waals surface area contributed by atoms with Gasteiger partial charge in [-0.3, -0.25) is 0 Å². The second-order valence-corrected chi connectivity index (χ2v) is 3.78. The molecule has 1 aromatic carbocycles.